The highest BCUT2D eigenvalue weighted by Gasteiger charge is 2.32. The molecule has 1 rings (SSSR count). The Hall–Kier alpha value is -1.79. The Kier molecular flexibility index (Phi) is 5.79. The van der Waals surface area contributed by atoms with Crippen LogP contribution in [0, 0.1) is 0 Å². The number of amides is 2. The Morgan fingerprint density at radius 1 is 1.30 bits per heavy atom. The summed E-state index contributed by atoms with van der Waals surface area (Å²) in [5.74, 6) is -1.92. The van der Waals surface area contributed by atoms with Crippen molar-refractivity contribution in [2.45, 2.75) is 57.7 Å². The van der Waals surface area contributed by atoms with Crippen LogP contribution in [0.1, 0.15) is 39.5 Å². The van der Waals surface area contributed by atoms with Crippen LogP contribution in [0.5, 0.6) is 0 Å². The largest absolute Gasteiger partial charge is 0.480 e. The van der Waals surface area contributed by atoms with E-state index in [0.29, 0.717) is 0 Å². The molecular weight excluding hydrogens is 264 g/mol. The van der Waals surface area contributed by atoms with E-state index in [-0.39, 0.29) is 18.5 Å². The first-order valence-electron chi connectivity index (χ1n) is 6.75. The lowest BCUT2D eigenvalue weighted by molar-refractivity contribution is -0.147. The summed E-state index contributed by atoms with van der Waals surface area (Å²) in [4.78, 5) is 36.1. The third-order valence-electron chi connectivity index (χ3n) is 3.62. The van der Waals surface area contributed by atoms with E-state index >= 15 is 0 Å². The molecular formula is C13H22N2O5. The van der Waals surface area contributed by atoms with Crippen LogP contribution in [0.25, 0.3) is 0 Å². The van der Waals surface area contributed by atoms with Crippen LogP contribution < -0.4 is 5.32 Å². The monoisotopic (exact) mass is 286 g/mol. The van der Waals surface area contributed by atoms with E-state index in [1.807, 2.05) is 13.8 Å². The third kappa shape index (κ3) is 4.11. The standard InChI is InChI=1S/C13H22N2O5/c1-8-5-4-6-9(2)15(8)13(19)14-10(12(17)18)7-11(16)20-3/h8-10H,4-7H2,1-3H3,(H,14,19)(H,17,18)/t8?,9?,10-/m0/s1. The molecule has 0 bridgehead atoms. The van der Waals surface area contributed by atoms with Crippen LogP contribution >= 0.6 is 0 Å². The molecule has 2 amide bonds. The number of hydrogen-bond donors (Lipinski definition) is 2. The average molecular weight is 286 g/mol. The molecule has 0 aromatic carbocycles. The average Bonchev–Trinajstić information content (AvgIpc) is 2.37. The molecule has 0 spiro atoms. The van der Waals surface area contributed by atoms with Gasteiger partial charge < -0.3 is 20.1 Å². The molecule has 1 saturated heterocycles. The van der Waals surface area contributed by atoms with Gasteiger partial charge in [0.2, 0.25) is 0 Å². The Morgan fingerprint density at radius 2 is 1.85 bits per heavy atom. The fourth-order valence-corrected chi connectivity index (χ4v) is 2.50. The molecule has 7 nitrogen and oxygen atoms in total. The molecule has 2 unspecified atom stereocenters. The molecule has 0 aromatic heterocycles. The van der Waals surface area contributed by atoms with Crippen LogP contribution in [-0.2, 0) is 14.3 Å². The predicted octanol–water partition coefficient (Wildman–Crippen LogP) is 0.975. The van der Waals surface area contributed by atoms with E-state index in [2.05, 4.69) is 10.1 Å². The number of aliphatic carboxylic acids is 1. The summed E-state index contributed by atoms with van der Waals surface area (Å²) in [5.41, 5.74) is 0. The van der Waals surface area contributed by atoms with Gasteiger partial charge in [0.1, 0.15) is 6.04 Å². The van der Waals surface area contributed by atoms with E-state index in [4.69, 9.17) is 5.11 Å². The predicted molar refractivity (Wildman–Crippen MR) is 71.2 cm³/mol. The maximum absolute atomic E-state index is 12.2. The van der Waals surface area contributed by atoms with Gasteiger partial charge >= 0.3 is 18.0 Å². The second-order valence-electron chi connectivity index (χ2n) is 5.16. The SMILES string of the molecule is COC(=O)C[C@H](NC(=O)N1C(C)CCCC1C)C(=O)O. The van der Waals surface area contributed by atoms with Crippen molar-refractivity contribution in [1.82, 2.24) is 10.2 Å². The number of hydrogen-bond acceptors (Lipinski definition) is 4. The van der Waals surface area contributed by atoms with Crippen molar-refractivity contribution in [3.05, 3.63) is 0 Å². The topological polar surface area (TPSA) is 95.9 Å². The van der Waals surface area contributed by atoms with Crippen LogP contribution in [0.2, 0.25) is 0 Å². The highest BCUT2D eigenvalue weighted by molar-refractivity contribution is 5.86. The van der Waals surface area contributed by atoms with Crippen molar-refractivity contribution in [3.8, 4) is 0 Å². The van der Waals surface area contributed by atoms with Crippen molar-refractivity contribution in [1.29, 1.82) is 0 Å². The summed E-state index contributed by atoms with van der Waals surface area (Å²) in [6.07, 6.45) is 2.46. The van der Waals surface area contributed by atoms with Crippen LogP contribution in [-0.4, -0.2) is 53.2 Å². The number of carboxylic acid groups (broad SMARTS) is 1. The molecule has 1 heterocycles. The molecule has 114 valence electrons. The van der Waals surface area contributed by atoms with Gasteiger partial charge in [-0.2, -0.15) is 0 Å². The molecule has 0 saturated carbocycles. The Labute approximate surface area is 118 Å². The van der Waals surface area contributed by atoms with E-state index in [1.165, 1.54) is 7.11 Å². The van der Waals surface area contributed by atoms with Gasteiger partial charge in [-0.3, -0.25) is 4.79 Å². The van der Waals surface area contributed by atoms with E-state index in [9.17, 15) is 14.4 Å². The maximum Gasteiger partial charge on any atom is 0.326 e. The van der Waals surface area contributed by atoms with Gasteiger partial charge in [0.05, 0.1) is 13.5 Å². The summed E-state index contributed by atoms with van der Waals surface area (Å²) in [7, 11) is 1.18. The number of nitrogens with zero attached hydrogens (tertiary/aromatic N) is 1. The van der Waals surface area contributed by atoms with Crippen LogP contribution in [0.3, 0.4) is 0 Å². The van der Waals surface area contributed by atoms with Crippen molar-refractivity contribution >= 4 is 18.0 Å². The Morgan fingerprint density at radius 3 is 2.30 bits per heavy atom. The molecule has 7 heteroatoms. The number of urea groups is 1. The van der Waals surface area contributed by atoms with Gasteiger partial charge in [-0.25, -0.2) is 9.59 Å². The second kappa shape index (κ2) is 7.12. The summed E-state index contributed by atoms with van der Waals surface area (Å²) >= 11 is 0. The second-order valence-corrected chi connectivity index (χ2v) is 5.16. The van der Waals surface area contributed by atoms with Crippen molar-refractivity contribution in [3.63, 3.8) is 0 Å². The minimum Gasteiger partial charge on any atom is -0.480 e. The molecule has 1 fully saturated rings. The van der Waals surface area contributed by atoms with E-state index in [1.54, 1.807) is 4.90 Å². The lowest BCUT2D eigenvalue weighted by Gasteiger charge is -2.39. The molecule has 0 aromatic rings. The van der Waals surface area contributed by atoms with Gasteiger partial charge in [0, 0.05) is 12.1 Å². The van der Waals surface area contributed by atoms with E-state index in [0.717, 1.165) is 19.3 Å². The first-order valence-corrected chi connectivity index (χ1v) is 6.75. The number of nitrogens with one attached hydrogen (secondary N) is 1. The number of esters is 1. The number of carboxylic acids is 1. The Balaban J connectivity index is 2.69. The van der Waals surface area contributed by atoms with Crippen LogP contribution in [0.4, 0.5) is 4.79 Å². The zero-order valence-electron chi connectivity index (χ0n) is 12.1. The summed E-state index contributed by atoms with van der Waals surface area (Å²) in [6.45, 7) is 3.87. The lowest BCUT2D eigenvalue weighted by Crippen LogP contribution is -2.55. The summed E-state index contributed by atoms with van der Waals surface area (Å²) in [6, 6.07) is -1.59. The zero-order valence-corrected chi connectivity index (χ0v) is 12.1. The highest BCUT2D eigenvalue weighted by Crippen LogP contribution is 2.22. The number of ether oxygens (including phenoxy) is 1. The number of likely N-dealkylation sites (tertiary alicyclic amines) is 1. The van der Waals surface area contributed by atoms with Crippen LogP contribution in [0.15, 0.2) is 0 Å². The Bertz CT molecular complexity index is 375. The third-order valence-corrected chi connectivity index (χ3v) is 3.62. The minimum absolute atomic E-state index is 0.0614. The summed E-state index contributed by atoms with van der Waals surface area (Å²) < 4.78 is 4.43. The molecule has 20 heavy (non-hydrogen) atoms. The van der Waals surface area contributed by atoms with Gasteiger partial charge in [-0.05, 0) is 33.1 Å². The molecule has 3 atom stereocenters. The highest BCUT2D eigenvalue weighted by atomic mass is 16.5. The minimum atomic E-state index is -1.27. The van der Waals surface area contributed by atoms with Crippen molar-refractivity contribution in [2.75, 3.05) is 7.11 Å². The van der Waals surface area contributed by atoms with Gasteiger partial charge in [-0.15, -0.1) is 0 Å². The number of rotatable bonds is 4. The quantitative estimate of drug-likeness (QED) is 0.751. The number of carbonyl (C=O) groups is 3. The van der Waals surface area contributed by atoms with Crippen molar-refractivity contribution in [2.24, 2.45) is 0 Å². The fraction of sp³-hybridized carbons (Fsp3) is 0.769. The van der Waals surface area contributed by atoms with E-state index < -0.39 is 24.0 Å². The van der Waals surface area contributed by atoms with Gasteiger partial charge in [0.15, 0.2) is 0 Å². The summed E-state index contributed by atoms with van der Waals surface area (Å²) in [5, 5.41) is 11.5. The normalized spacial score (nSPS) is 23.9. The smallest absolute Gasteiger partial charge is 0.326 e. The maximum atomic E-state index is 12.2. The number of carbonyl (C=O) groups excluding carboxylic acids is 2. The number of piperidine rings is 1. The van der Waals surface area contributed by atoms with Gasteiger partial charge in [-0.1, -0.05) is 0 Å². The molecule has 1 aliphatic heterocycles. The first kappa shape index (κ1) is 16.3. The molecule has 2 N–H and O–H groups in total. The molecule has 0 radical (unpaired) electrons. The zero-order chi connectivity index (χ0) is 15.3. The van der Waals surface area contributed by atoms with Crippen molar-refractivity contribution < 1.29 is 24.2 Å². The fourth-order valence-electron chi connectivity index (χ4n) is 2.50. The molecule has 1 aliphatic rings. The van der Waals surface area contributed by atoms with Gasteiger partial charge in [0.25, 0.3) is 0 Å². The lowest BCUT2D eigenvalue weighted by atomic mass is 9.98. The number of methoxy groups -OCH3 is 1. The molecule has 0 aliphatic carbocycles. The first-order chi connectivity index (χ1) is 9.36.